The van der Waals surface area contributed by atoms with E-state index < -0.39 is 33.1 Å². The maximum Gasteiger partial charge on any atom is 0.331 e. The largest absolute Gasteiger partial charge is 0.493 e. The number of halogens is 1. The lowest BCUT2D eigenvalue weighted by atomic mass is 10.2. The molecule has 0 spiro atoms. The lowest BCUT2D eigenvalue weighted by Crippen LogP contribution is -2.19. The van der Waals surface area contributed by atoms with E-state index in [1.165, 1.54) is 26.5 Å². The summed E-state index contributed by atoms with van der Waals surface area (Å²) >= 11 is 4.21. The third-order valence-electron chi connectivity index (χ3n) is 4.27. The standard InChI is InChI=1S/C20H14BrN5O9S/c1-33-15-6-10(9-22-24-20-23-19(28)16(36-20)8-17(27)34-2)5-12(21)18(15)35-14-4-3-11(25(29)30)7-13(14)26(31)32/h3-9H,1-2H3,(H,23,24,28)/b16-8+,22-9?. The highest BCUT2D eigenvalue weighted by atomic mass is 79.9. The van der Waals surface area contributed by atoms with Gasteiger partial charge in [-0.15, -0.1) is 5.10 Å². The van der Waals surface area contributed by atoms with Crippen molar-refractivity contribution in [3.8, 4) is 17.2 Å². The molecule has 3 rings (SSSR count). The Morgan fingerprint density at radius 3 is 2.53 bits per heavy atom. The highest BCUT2D eigenvalue weighted by Gasteiger charge is 2.25. The molecule has 0 unspecified atom stereocenters. The predicted molar refractivity (Wildman–Crippen MR) is 131 cm³/mol. The summed E-state index contributed by atoms with van der Waals surface area (Å²) in [6, 6.07) is 6.05. The molecule has 1 saturated heterocycles. The molecule has 0 atom stereocenters. The normalized spacial score (nSPS) is 15.2. The van der Waals surface area contributed by atoms with Crippen LogP contribution in [0.1, 0.15) is 5.56 Å². The molecule has 14 nitrogen and oxygen atoms in total. The fourth-order valence-corrected chi connectivity index (χ4v) is 3.94. The fraction of sp³-hybridized carbons (Fsp3) is 0.100. The number of carbonyl (C=O) groups is 2. The molecule has 0 aliphatic carbocycles. The Balaban J connectivity index is 1.84. The zero-order valence-corrected chi connectivity index (χ0v) is 20.7. The van der Waals surface area contributed by atoms with Crippen LogP contribution < -0.4 is 14.8 Å². The van der Waals surface area contributed by atoms with Crippen LogP contribution in [0.25, 0.3) is 0 Å². The van der Waals surface area contributed by atoms with E-state index in [1.54, 1.807) is 6.07 Å². The number of thioether (sulfide) groups is 1. The number of amidine groups is 1. The van der Waals surface area contributed by atoms with Crippen molar-refractivity contribution < 1.29 is 33.6 Å². The minimum Gasteiger partial charge on any atom is -0.493 e. The van der Waals surface area contributed by atoms with Gasteiger partial charge in [-0.1, -0.05) is 0 Å². The first kappa shape index (κ1) is 26.3. The molecular weight excluding hydrogens is 566 g/mol. The number of ether oxygens (including phenoxy) is 3. The van der Waals surface area contributed by atoms with Crippen LogP contribution in [0.5, 0.6) is 17.2 Å². The molecule has 1 aliphatic heterocycles. The topological polar surface area (TPSA) is 185 Å². The first-order chi connectivity index (χ1) is 17.1. The average molecular weight is 580 g/mol. The van der Waals surface area contributed by atoms with Gasteiger partial charge < -0.3 is 14.2 Å². The number of carbonyl (C=O) groups excluding carboxylic acids is 2. The summed E-state index contributed by atoms with van der Waals surface area (Å²) in [5.41, 5.74) is -0.581. The van der Waals surface area contributed by atoms with Crippen molar-refractivity contribution in [3.63, 3.8) is 0 Å². The van der Waals surface area contributed by atoms with Crippen molar-refractivity contribution in [1.29, 1.82) is 0 Å². The van der Waals surface area contributed by atoms with Gasteiger partial charge in [0.1, 0.15) is 0 Å². The Labute approximate surface area is 214 Å². The molecule has 1 amide bonds. The number of hydrogen-bond acceptors (Lipinski definition) is 12. The van der Waals surface area contributed by atoms with Crippen LogP contribution in [-0.4, -0.2) is 47.3 Å². The van der Waals surface area contributed by atoms with Crippen LogP contribution in [0.2, 0.25) is 0 Å². The van der Waals surface area contributed by atoms with E-state index in [-0.39, 0.29) is 27.3 Å². The molecule has 1 heterocycles. The summed E-state index contributed by atoms with van der Waals surface area (Å²) in [6.45, 7) is 0. The molecule has 0 bridgehead atoms. The number of nitrogens with one attached hydrogen (secondary N) is 1. The monoisotopic (exact) mass is 579 g/mol. The number of rotatable bonds is 8. The second kappa shape index (κ2) is 11.4. The van der Waals surface area contributed by atoms with Crippen LogP contribution >= 0.6 is 27.7 Å². The van der Waals surface area contributed by atoms with Crippen molar-refractivity contribution in [1.82, 2.24) is 5.32 Å². The van der Waals surface area contributed by atoms with Gasteiger partial charge in [-0.25, -0.2) is 4.79 Å². The highest BCUT2D eigenvalue weighted by molar-refractivity contribution is 9.10. The molecule has 1 aliphatic rings. The van der Waals surface area contributed by atoms with E-state index in [9.17, 15) is 29.8 Å². The lowest BCUT2D eigenvalue weighted by molar-refractivity contribution is -0.394. The van der Waals surface area contributed by atoms with Crippen LogP contribution in [0, 0.1) is 20.2 Å². The number of esters is 1. The SMILES string of the molecule is COC(=O)/C=C1/S/C(=N\N=Cc2cc(Br)c(Oc3ccc([N+](=O)[O-])cc3[N+](=O)[O-])c(OC)c2)NC1=O. The van der Waals surface area contributed by atoms with Crippen LogP contribution in [0.15, 0.2) is 56.0 Å². The summed E-state index contributed by atoms with van der Waals surface area (Å²) in [5.74, 6) is -1.20. The molecule has 16 heteroatoms. The third-order valence-corrected chi connectivity index (χ3v) is 5.76. The van der Waals surface area contributed by atoms with Crippen LogP contribution in [0.4, 0.5) is 11.4 Å². The predicted octanol–water partition coefficient (Wildman–Crippen LogP) is 3.68. The minimum atomic E-state index is -0.797. The van der Waals surface area contributed by atoms with Gasteiger partial charge in [0, 0.05) is 12.1 Å². The molecule has 2 aromatic rings. The van der Waals surface area contributed by atoms with E-state index in [2.05, 4.69) is 36.2 Å². The van der Waals surface area contributed by atoms with Crippen LogP contribution in [0.3, 0.4) is 0 Å². The summed E-state index contributed by atoms with van der Waals surface area (Å²) < 4.78 is 15.8. The molecule has 0 radical (unpaired) electrons. The Hall–Kier alpha value is -4.31. The molecule has 186 valence electrons. The number of nitro benzene ring substituents is 2. The van der Waals surface area contributed by atoms with Gasteiger partial charge in [-0.05, 0) is 51.5 Å². The van der Waals surface area contributed by atoms with E-state index >= 15 is 0 Å². The Morgan fingerprint density at radius 2 is 1.89 bits per heavy atom. The van der Waals surface area contributed by atoms with E-state index in [0.29, 0.717) is 10.0 Å². The number of methoxy groups -OCH3 is 2. The Morgan fingerprint density at radius 1 is 1.14 bits per heavy atom. The quantitative estimate of drug-likeness (QED) is 0.159. The number of hydrogen-bond donors (Lipinski definition) is 1. The molecule has 1 N–H and O–H groups in total. The molecule has 0 saturated carbocycles. The Kier molecular flexibility index (Phi) is 8.34. The van der Waals surface area contributed by atoms with Crippen molar-refractivity contribution in [2.24, 2.45) is 10.2 Å². The van der Waals surface area contributed by atoms with Crippen molar-refractivity contribution >= 4 is 62.3 Å². The molecule has 0 aromatic heterocycles. The number of non-ortho nitro benzene ring substituents is 1. The van der Waals surface area contributed by atoms with Gasteiger partial charge in [-0.3, -0.25) is 30.3 Å². The maximum absolute atomic E-state index is 11.9. The van der Waals surface area contributed by atoms with E-state index in [4.69, 9.17) is 9.47 Å². The number of nitrogens with zero attached hydrogens (tertiary/aromatic N) is 4. The second-order valence-electron chi connectivity index (χ2n) is 6.54. The van der Waals surface area contributed by atoms with Gasteiger partial charge in [-0.2, -0.15) is 5.10 Å². The van der Waals surface area contributed by atoms with Crippen molar-refractivity contribution in [2.45, 2.75) is 0 Å². The smallest absolute Gasteiger partial charge is 0.331 e. The molecule has 2 aromatic carbocycles. The Bertz CT molecular complexity index is 1360. The second-order valence-corrected chi connectivity index (χ2v) is 8.43. The molecular formula is C20H14BrN5O9S. The molecule has 1 fully saturated rings. The number of benzene rings is 2. The third kappa shape index (κ3) is 6.22. The first-order valence-electron chi connectivity index (χ1n) is 9.51. The van der Waals surface area contributed by atoms with Crippen molar-refractivity contribution in [2.75, 3.05) is 14.2 Å². The van der Waals surface area contributed by atoms with Crippen LogP contribution in [-0.2, 0) is 14.3 Å². The van der Waals surface area contributed by atoms with Gasteiger partial charge in [0.15, 0.2) is 16.7 Å². The first-order valence-corrected chi connectivity index (χ1v) is 11.1. The van der Waals surface area contributed by atoms with Gasteiger partial charge in [0.05, 0.1) is 45.7 Å². The zero-order chi connectivity index (χ0) is 26.4. The lowest BCUT2D eigenvalue weighted by Gasteiger charge is -2.13. The van der Waals surface area contributed by atoms with E-state index in [0.717, 1.165) is 36.0 Å². The van der Waals surface area contributed by atoms with Gasteiger partial charge >= 0.3 is 11.7 Å². The number of nitro groups is 2. The number of amides is 1. The summed E-state index contributed by atoms with van der Waals surface area (Å²) in [4.78, 5) is 44.0. The maximum atomic E-state index is 11.9. The van der Waals surface area contributed by atoms with Gasteiger partial charge in [0.25, 0.3) is 11.6 Å². The highest BCUT2D eigenvalue weighted by Crippen LogP contribution is 2.42. The fourth-order valence-electron chi connectivity index (χ4n) is 2.66. The molecule has 36 heavy (non-hydrogen) atoms. The average Bonchev–Trinajstić information content (AvgIpc) is 3.18. The summed E-state index contributed by atoms with van der Waals surface area (Å²) in [7, 11) is 2.53. The van der Waals surface area contributed by atoms with Gasteiger partial charge in [0.2, 0.25) is 5.75 Å². The van der Waals surface area contributed by atoms with Crippen molar-refractivity contribution in [3.05, 3.63) is 71.6 Å². The zero-order valence-electron chi connectivity index (χ0n) is 18.3. The summed E-state index contributed by atoms with van der Waals surface area (Å²) in [5, 5.41) is 32.7. The summed E-state index contributed by atoms with van der Waals surface area (Å²) in [6.07, 6.45) is 2.37. The minimum absolute atomic E-state index is 0.0779. The van der Waals surface area contributed by atoms with E-state index in [1.807, 2.05) is 0 Å².